The fourth-order valence-electron chi connectivity index (χ4n) is 3.13. The summed E-state index contributed by atoms with van der Waals surface area (Å²) in [6.45, 7) is 10.6. The maximum absolute atomic E-state index is 5.75. The van der Waals surface area contributed by atoms with Crippen LogP contribution in [0.1, 0.15) is 33.1 Å². The van der Waals surface area contributed by atoms with Crippen molar-refractivity contribution in [1.29, 1.82) is 0 Å². The highest BCUT2D eigenvalue weighted by Crippen LogP contribution is 2.35. The van der Waals surface area contributed by atoms with Gasteiger partial charge in [-0.1, -0.05) is 13.8 Å². The smallest absolute Gasteiger partial charge is 0.0702 e. The van der Waals surface area contributed by atoms with Crippen LogP contribution in [0.15, 0.2) is 0 Å². The minimum Gasteiger partial charge on any atom is -0.377 e. The molecular formula is C14H28N2O. The van der Waals surface area contributed by atoms with E-state index in [1.807, 2.05) is 0 Å². The summed E-state index contributed by atoms with van der Waals surface area (Å²) in [5, 5.41) is 3.35. The first-order chi connectivity index (χ1) is 8.12. The van der Waals surface area contributed by atoms with Gasteiger partial charge in [-0.2, -0.15) is 0 Å². The zero-order valence-electron chi connectivity index (χ0n) is 11.7. The van der Waals surface area contributed by atoms with Gasteiger partial charge in [0, 0.05) is 19.7 Å². The summed E-state index contributed by atoms with van der Waals surface area (Å²) in [6, 6.07) is 0. The van der Waals surface area contributed by atoms with Crippen molar-refractivity contribution in [3.63, 3.8) is 0 Å². The monoisotopic (exact) mass is 240 g/mol. The molecule has 0 saturated carbocycles. The van der Waals surface area contributed by atoms with Crippen LogP contribution in [-0.2, 0) is 4.74 Å². The molecule has 0 aromatic carbocycles. The predicted octanol–water partition coefficient (Wildman–Crippen LogP) is 1.73. The maximum Gasteiger partial charge on any atom is 0.0702 e. The molecule has 17 heavy (non-hydrogen) atoms. The molecule has 2 heterocycles. The Kier molecular flexibility index (Phi) is 4.45. The first-order valence-corrected chi connectivity index (χ1v) is 7.10. The number of ether oxygens (including phenoxy) is 1. The Morgan fingerprint density at radius 3 is 2.88 bits per heavy atom. The lowest BCUT2D eigenvalue weighted by Gasteiger charge is -2.44. The van der Waals surface area contributed by atoms with E-state index in [0.29, 0.717) is 11.5 Å². The van der Waals surface area contributed by atoms with E-state index in [4.69, 9.17) is 4.74 Å². The van der Waals surface area contributed by atoms with E-state index in [2.05, 4.69) is 31.1 Å². The van der Waals surface area contributed by atoms with Crippen LogP contribution in [0.2, 0.25) is 0 Å². The number of likely N-dealkylation sites (tertiary alicyclic amines) is 1. The molecule has 2 atom stereocenters. The van der Waals surface area contributed by atoms with Gasteiger partial charge in [-0.25, -0.2) is 0 Å². The molecule has 3 nitrogen and oxygen atoms in total. The van der Waals surface area contributed by atoms with Crippen LogP contribution in [-0.4, -0.2) is 50.8 Å². The highest BCUT2D eigenvalue weighted by molar-refractivity contribution is 4.88. The largest absolute Gasteiger partial charge is 0.377 e. The van der Waals surface area contributed by atoms with Gasteiger partial charge in [0.2, 0.25) is 0 Å². The van der Waals surface area contributed by atoms with Gasteiger partial charge in [0.25, 0.3) is 0 Å². The summed E-state index contributed by atoms with van der Waals surface area (Å²) in [7, 11) is 2.06. The SMILES string of the molecule is CNCC1CN(CC2CCCO2)CCC1(C)C. The molecule has 1 N–H and O–H groups in total. The second kappa shape index (κ2) is 5.68. The van der Waals surface area contributed by atoms with Gasteiger partial charge in [-0.3, -0.25) is 0 Å². The number of nitrogens with zero attached hydrogens (tertiary/aromatic N) is 1. The zero-order valence-corrected chi connectivity index (χ0v) is 11.7. The lowest BCUT2D eigenvalue weighted by Crippen LogP contribution is -2.49. The molecule has 0 bridgehead atoms. The van der Waals surface area contributed by atoms with Crippen molar-refractivity contribution in [3.05, 3.63) is 0 Å². The molecular weight excluding hydrogens is 212 g/mol. The van der Waals surface area contributed by atoms with E-state index >= 15 is 0 Å². The molecule has 2 fully saturated rings. The van der Waals surface area contributed by atoms with Crippen LogP contribution in [0.4, 0.5) is 0 Å². The van der Waals surface area contributed by atoms with E-state index in [0.717, 1.165) is 25.6 Å². The minimum absolute atomic E-state index is 0.482. The third kappa shape index (κ3) is 3.43. The number of piperidine rings is 1. The highest BCUT2D eigenvalue weighted by Gasteiger charge is 2.35. The Hall–Kier alpha value is -0.120. The van der Waals surface area contributed by atoms with E-state index in [1.54, 1.807) is 0 Å². The molecule has 0 amide bonds. The quantitative estimate of drug-likeness (QED) is 0.810. The lowest BCUT2D eigenvalue weighted by molar-refractivity contribution is 0.0186. The van der Waals surface area contributed by atoms with Crippen molar-refractivity contribution < 1.29 is 4.74 Å². The van der Waals surface area contributed by atoms with Crippen LogP contribution in [0.25, 0.3) is 0 Å². The van der Waals surface area contributed by atoms with Crippen LogP contribution in [0.3, 0.4) is 0 Å². The van der Waals surface area contributed by atoms with Crippen LogP contribution >= 0.6 is 0 Å². The molecule has 2 unspecified atom stereocenters. The second-order valence-corrected chi connectivity index (χ2v) is 6.39. The van der Waals surface area contributed by atoms with Crippen molar-refractivity contribution in [2.45, 2.75) is 39.2 Å². The molecule has 0 radical (unpaired) electrons. The third-order valence-corrected chi connectivity index (χ3v) is 4.59. The molecule has 2 aliphatic heterocycles. The van der Waals surface area contributed by atoms with Gasteiger partial charge in [-0.05, 0) is 50.7 Å². The van der Waals surface area contributed by atoms with Gasteiger partial charge >= 0.3 is 0 Å². The standard InChI is InChI=1S/C14H28N2O/c1-14(2)6-7-16(10-12(14)9-15-3)11-13-5-4-8-17-13/h12-13,15H,4-11H2,1-3H3. The topological polar surface area (TPSA) is 24.5 Å². The molecule has 100 valence electrons. The van der Waals surface area contributed by atoms with Crippen LogP contribution in [0.5, 0.6) is 0 Å². The average Bonchev–Trinajstić information content (AvgIpc) is 2.76. The molecule has 0 spiro atoms. The number of nitrogens with one attached hydrogen (secondary N) is 1. The van der Waals surface area contributed by atoms with Crippen LogP contribution in [0, 0.1) is 11.3 Å². The zero-order chi connectivity index (χ0) is 12.3. The molecule has 0 aromatic heterocycles. The molecule has 2 aliphatic rings. The summed E-state index contributed by atoms with van der Waals surface area (Å²) in [4.78, 5) is 2.61. The first-order valence-electron chi connectivity index (χ1n) is 7.10. The Morgan fingerprint density at radius 1 is 1.41 bits per heavy atom. The van der Waals surface area contributed by atoms with E-state index in [1.165, 1.54) is 32.4 Å². The summed E-state index contributed by atoms with van der Waals surface area (Å²) >= 11 is 0. The molecule has 0 aliphatic carbocycles. The summed E-state index contributed by atoms with van der Waals surface area (Å²) < 4.78 is 5.75. The number of hydrogen-bond donors (Lipinski definition) is 1. The van der Waals surface area contributed by atoms with Gasteiger partial charge in [0.15, 0.2) is 0 Å². The normalized spacial score (nSPS) is 34.1. The van der Waals surface area contributed by atoms with Crippen molar-refractivity contribution in [2.75, 3.05) is 39.8 Å². The number of hydrogen-bond acceptors (Lipinski definition) is 3. The van der Waals surface area contributed by atoms with Crippen LogP contribution < -0.4 is 5.32 Å². The Morgan fingerprint density at radius 2 is 2.24 bits per heavy atom. The Bertz CT molecular complexity index is 236. The molecule has 0 aromatic rings. The van der Waals surface area contributed by atoms with Crippen molar-refractivity contribution in [1.82, 2.24) is 10.2 Å². The predicted molar refractivity (Wildman–Crippen MR) is 71.2 cm³/mol. The third-order valence-electron chi connectivity index (χ3n) is 4.59. The summed E-state index contributed by atoms with van der Waals surface area (Å²) in [6.07, 6.45) is 4.33. The van der Waals surface area contributed by atoms with Crippen molar-refractivity contribution in [2.24, 2.45) is 11.3 Å². The average molecular weight is 240 g/mol. The fraction of sp³-hybridized carbons (Fsp3) is 1.00. The van der Waals surface area contributed by atoms with Gasteiger partial charge in [0.05, 0.1) is 6.10 Å². The number of rotatable bonds is 4. The maximum atomic E-state index is 5.75. The molecule has 2 saturated heterocycles. The van der Waals surface area contributed by atoms with Crippen molar-refractivity contribution >= 4 is 0 Å². The minimum atomic E-state index is 0.482. The summed E-state index contributed by atoms with van der Waals surface area (Å²) in [5.74, 6) is 0.766. The van der Waals surface area contributed by atoms with Gasteiger partial charge in [0.1, 0.15) is 0 Å². The van der Waals surface area contributed by atoms with E-state index in [9.17, 15) is 0 Å². The lowest BCUT2D eigenvalue weighted by atomic mass is 9.73. The van der Waals surface area contributed by atoms with Gasteiger partial charge < -0.3 is 15.0 Å². The van der Waals surface area contributed by atoms with E-state index < -0.39 is 0 Å². The second-order valence-electron chi connectivity index (χ2n) is 6.39. The van der Waals surface area contributed by atoms with E-state index in [-0.39, 0.29) is 0 Å². The first kappa shape index (κ1) is 13.3. The highest BCUT2D eigenvalue weighted by atomic mass is 16.5. The molecule has 3 heteroatoms. The molecule has 2 rings (SSSR count). The van der Waals surface area contributed by atoms with Gasteiger partial charge in [-0.15, -0.1) is 0 Å². The Labute approximate surface area is 106 Å². The summed E-state index contributed by atoms with van der Waals surface area (Å²) in [5.41, 5.74) is 0.482. The van der Waals surface area contributed by atoms with Crippen molar-refractivity contribution in [3.8, 4) is 0 Å². The Balaban J connectivity index is 1.84. The fourth-order valence-corrected chi connectivity index (χ4v) is 3.13.